The van der Waals surface area contributed by atoms with Gasteiger partial charge in [0.2, 0.25) is 17.7 Å². The second-order valence-electron chi connectivity index (χ2n) is 6.63. The van der Waals surface area contributed by atoms with E-state index in [1.54, 1.807) is 12.1 Å². The fourth-order valence-corrected chi connectivity index (χ4v) is 3.52. The molecule has 1 fully saturated rings. The van der Waals surface area contributed by atoms with E-state index >= 15 is 0 Å². The lowest BCUT2D eigenvalue weighted by atomic mass is 10.1. The van der Waals surface area contributed by atoms with Crippen LogP contribution in [0.2, 0.25) is 0 Å². The van der Waals surface area contributed by atoms with Gasteiger partial charge < -0.3 is 14.2 Å². The zero-order valence-electron chi connectivity index (χ0n) is 14.6. The number of aromatic nitrogens is 2. The summed E-state index contributed by atoms with van der Waals surface area (Å²) in [6.45, 7) is 1.14. The van der Waals surface area contributed by atoms with Gasteiger partial charge in [0.15, 0.2) is 0 Å². The van der Waals surface area contributed by atoms with Gasteiger partial charge in [0.05, 0.1) is 13.0 Å². The van der Waals surface area contributed by atoms with Crippen molar-refractivity contribution in [2.45, 2.75) is 18.9 Å². The maximum atomic E-state index is 13.2. The lowest BCUT2D eigenvalue weighted by Gasteiger charge is -2.17. The molecule has 3 aromatic rings. The molecular weight excluding hydrogens is 333 g/mol. The van der Waals surface area contributed by atoms with Crippen molar-refractivity contribution in [3.8, 4) is 5.88 Å². The van der Waals surface area contributed by atoms with Crippen molar-refractivity contribution in [1.29, 1.82) is 0 Å². The van der Waals surface area contributed by atoms with Gasteiger partial charge in [-0.3, -0.25) is 4.79 Å². The molecule has 134 valence electrons. The van der Waals surface area contributed by atoms with Crippen LogP contribution in [0.5, 0.6) is 5.88 Å². The number of aryl methyl sites for hydroxylation is 1. The second kappa shape index (κ2) is 6.78. The van der Waals surface area contributed by atoms with Crippen LogP contribution in [0.3, 0.4) is 0 Å². The molecule has 1 aromatic carbocycles. The Hall–Kier alpha value is -2.89. The van der Waals surface area contributed by atoms with E-state index in [4.69, 9.17) is 4.74 Å². The molecule has 1 amide bonds. The number of hydrogen-bond acceptors (Lipinski definition) is 3. The molecule has 1 atom stereocenters. The highest BCUT2D eigenvalue weighted by Gasteiger charge is 2.28. The van der Waals surface area contributed by atoms with Crippen LogP contribution in [-0.4, -0.2) is 39.6 Å². The standard InChI is InChI=1S/C20H20FN3O2/c1-23-12-14(16-5-2-3-6-17(16)23)11-20(25)24-10-9-15(13-24)26-19-8-4-7-18(21)22-19/h2-8,12,15H,9-11,13H2,1H3. The number of halogens is 1. The Kier molecular flexibility index (Phi) is 4.32. The molecule has 0 bridgehead atoms. The van der Waals surface area contributed by atoms with Crippen molar-refractivity contribution >= 4 is 16.8 Å². The topological polar surface area (TPSA) is 47.4 Å². The smallest absolute Gasteiger partial charge is 0.227 e. The lowest BCUT2D eigenvalue weighted by molar-refractivity contribution is -0.129. The Balaban J connectivity index is 1.41. The van der Waals surface area contributed by atoms with E-state index in [0.29, 0.717) is 19.5 Å². The van der Waals surface area contributed by atoms with E-state index < -0.39 is 5.95 Å². The normalized spacial score (nSPS) is 17.0. The summed E-state index contributed by atoms with van der Waals surface area (Å²) in [5, 5.41) is 1.11. The molecule has 1 aliphatic rings. The maximum Gasteiger partial charge on any atom is 0.227 e. The maximum absolute atomic E-state index is 13.2. The van der Waals surface area contributed by atoms with Gasteiger partial charge in [-0.05, 0) is 17.7 Å². The number of nitrogens with zero attached hydrogens (tertiary/aromatic N) is 3. The SMILES string of the molecule is Cn1cc(CC(=O)N2CCC(Oc3cccc(F)n3)C2)c2ccccc21. The molecule has 1 aliphatic heterocycles. The number of pyridine rings is 1. The van der Waals surface area contributed by atoms with Gasteiger partial charge in [-0.25, -0.2) is 0 Å². The van der Waals surface area contributed by atoms with Crippen molar-refractivity contribution in [2.75, 3.05) is 13.1 Å². The van der Waals surface area contributed by atoms with E-state index in [2.05, 4.69) is 11.1 Å². The molecule has 6 heteroatoms. The summed E-state index contributed by atoms with van der Waals surface area (Å²) < 4.78 is 20.9. The summed E-state index contributed by atoms with van der Waals surface area (Å²) in [6, 6.07) is 12.6. The molecule has 0 spiro atoms. The zero-order valence-corrected chi connectivity index (χ0v) is 14.6. The number of para-hydroxylation sites is 1. The molecule has 0 radical (unpaired) electrons. The highest BCUT2D eigenvalue weighted by Crippen LogP contribution is 2.23. The van der Waals surface area contributed by atoms with Crippen molar-refractivity contribution in [1.82, 2.24) is 14.5 Å². The molecule has 0 aliphatic carbocycles. The summed E-state index contributed by atoms with van der Waals surface area (Å²) >= 11 is 0. The van der Waals surface area contributed by atoms with E-state index in [-0.39, 0.29) is 17.9 Å². The average molecular weight is 353 g/mol. The molecule has 3 heterocycles. The summed E-state index contributed by atoms with van der Waals surface area (Å²) in [7, 11) is 1.99. The van der Waals surface area contributed by atoms with Gasteiger partial charge in [-0.1, -0.05) is 24.3 Å². The molecule has 0 N–H and O–H groups in total. The third-order valence-corrected chi connectivity index (χ3v) is 4.80. The lowest BCUT2D eigenvalue weighted by Crippen LogP contribution is -2.32. The molecular formula is C20H20FN3O2. The number of rotatable bonds is 4. The molecule has 1 saturated heterocycles. The quantitative estimate of drug-likeness (QED) is 0.678. The summed E-state index contributed by atoms with van der Waals surface area (Å²) in [4.78, 5) is 18.2. The first-order valence-electron chi connectivity index (χ1n) is 8.70. The minimum atomic E-state index is -0.565. The van der Waals surface area contributed by atoms with Crippen LogP contribution in [0.25, 0.3) is 10.9 Å². The zero-order chi connectivity index (χ0) is 18.1. The molecule has 2 aromatic heterocycles. The minimum absolute atomic E-state index is 0.0830. The molecule has 26 heavy (non-hydrogen) atoms. The van der Waals surface area contributed by atoms with E-state index in [1.807, 2.05) is 40.9 Å². The fourth-order valence-electron chi connectivity index (χ4n) is 3.52. The number of likely N-dealkylation sites (tertiary alicyclic amines) is 1. The van der Waals surface area contributed by atoms with Crippen LogP contribution in [0, 0.1) is 5.95 Å². The molecule has 1 unspecified atom stereocenters. The van der Waals surface area contributed by atoms with Crippen molar-refractivity contribution in [3.63, 3.8) is 0 Å². The Morgan fingerprint density at radius 1 is 1.27 bits per heavy atom. The number of carbonyl (C=O) groups excluding carboxylic acids is 1. The largest absolute Gasteiger partial charge is 0.472 e. The Bertz CT molecular complexity index is 953. The third-order valence-electron chi connectivity index (χ3n) is 4.80. The monoisotopic (exact) mass is 353 g/mol. The Labute approximate surface area is 151 Å². The number of carbonyl (C=O) groups is 1. The van der Waals surface area contributed by atoms with Crippen molar-refractivity contribution < 1.29 is 13.9 Å². The van der Waals surface area contributed by atoms with Crippen molar-refractivity contribution in [3.05, 3.63) is 60.2 Å². The highest BCUT2D eigenvalue weighted by molar-refractivity contribution is 5.89. The first-order valence-corrected chi connectivity index (χ1v) is 8.70. The average Bonchev–Trinajstić information content (AvgIpc) is 3.21. The van der Waals surface area contributed by atoms with Gasteiger partial charge >= 0.3 is 0 Å². The Morgan fingerprint density at radius 2 is 2.12 bits per heavy atom. The number of amides is 1. The van der Waals surface area contributed by atoms with Crippen molar-refractivity contribution in [2.24, 2.45) is 7.05 Å². The van der Waals surface area contributed by atoms with Gasteiger partial charge in [-0.15, -0.1) is 0 Å². The summed E-state index contributed by atoms with van der Waals surface area (Å²) in [6.07, 6.45) is 2.95. The van der Waals surface area contributed by atoms with E-state index in [9.17, 15) is 9.18 Å². The number of ether oxygens (including phenoxy) is 1. The number of fused-ring (bicyclic) bond motifs is 1. The van der Waals surface area contributed by atoms with Gasteiger partial charge in [0.1, 0.15) is 6.10 Å². The molecule has 0 saturated carbocycles. The first kappa shape index (κ1) is 16.6. The Morgan fingerprint density at radius 3 is 2.96 bits per heavy atom. The molecule has 4 rings (SSSR count). The van der Waals surface area contributed by atoms with Gasteiger partial charge in [0.25, 0.3) is 0 Å². The fraction of sp³-hybridized carbons (Fsp3) is 0.300. The van der Waals surface area contributed by atoms with Crippen LogP contribution in [0.15, 0.2) is 48.7 Å². The first-order chi connectivity index (χ1) is 12.6. The van der Waals surface area contributed by atoms with Gasteiger partial charge in [0, 0.05) is 43.2 Å². The third kappa shape index (κ3) is 3.27. The van der Waals surface area contributed by atoms with Crippen LogP contribution in [0.4, 0.5) is 4.39 Å². The predicted molar refractivity (Wildman–Crippen MR) is 96.4 cm³/mol. The van der Waals surface area contributed by atoms with Gasteiger partial charge in [-0.2, -0.15) is 9.37 Å². The highest BCUT2D eigenvalue weighted by atomic mass is 19.1. The van der Waals surface area contributed by atoms with E-state index in [1.165, 1.54) is 6.07 Å². The predicted octanol–water partition coefficient (Wildman–Crippen LogP) is 2.93. The second-order valence-corrected chi connectivity index (χ2v) is 6.63. The van der Waals surface area contributed by atoms with Crippen LogP contribution in [0.1, 0.15) is 12.0 Å². The van der Waals surface area contributed by atoms with Crippen LogP contribution >= 0.6 is 0 Å². The van der Waals surface area contributed by atoms with E-state index in [0.717, 1.165) is 22.9 Å². The number of hydrogen-bond donors (Lipinski definition) is 0. The van der Waals surface area contributed by atoms with Crippen LogP contribution < -0.4 is 4.74 Å². The summed E-state index contributed by atoms with van der Waals surface area (Å²) in [5.41, 5.74) is 2.15. The summed E-state index contributed by atoms with van der Waals surface area (Å²) in [5.74, 6) is -0.220. The molecule has 5 nitrogen and oxygen atoms in total. The number of benzene rings is 1. The van der Waals surface area contributed by atoms with Crippen LogP contribution in [-0.2, 0) is 18.3 Å². The minimum Gasteiger partial charge on any atom is -0.472 e.